The summed E-state index contributed by atoms with van der Waals surface area (Å²) in [6.45, 7) is 2.27. The van der Waals surface area contributed by atoms with E-state index in [4.69, 9.17) is 4.74 Å². The number of nitro groups is 1. The quantitative estimate of drug-likeness (QED) is 0.502. The predicted octanol–water partition coefficient (Wildman–Crippen LogP) is 3.38. The van der Waals surface area contributed by atoms with Gasteiger partial charge in [-0.3, -0.25) is 10.1 Å². The zero-order valence-corrected chi connectivity index (χ0v) is 12.1. The third-order valence-electron chi connectivity index (χ3n) is 3.05. The van der Waals surface area contributed by atoms with E-state index in [0.717, 1.165) is 5.56 Å². The average Bonchev–Trinajstić information content (AvgIpc) is 2.53. The van der Waals surface area contributed by atoms with Crippen LogP contribution >= 0.6 is 0 Å². The van der Waals surface area contributed by atoms with Crippen LogP contribution in [-0.2, 0) is 11.3 Å². The fourth-order valence-corrected chi connectivity index (χ4v) is 2.04. The third-order valence-corrected chi connectivity index (χ3v) is 3.05. The van der Waals surface area contributed by atoms with E-state index in [1.54, 1.807) is 6.92 Å². The van der Waals surface area contributed by atoms with Crippen LogP contribution in [0.2, 0.25) is 0 Å². The van der Waals surface area contributed by atoms with Gasteiger partial charge in [0.25, 0.3) is 5.69 Å². The Morgan fingerprint density at radius 1 is 1.18 bits per heavy atom. The molecule has 0 heterocycles. The molecule has 0 fully saturated rings. The zero-order chi connectivity index (χ0) is 15.9. The van der Waals surface area contributed by atoms with E-state index >= 15 is 0 Å². The number of ether oxygens (including phenoxy) is 1. The normalized spacial score (nSPS) is 10.0. The van der Waals surface area contributed by atoms with Crippen molar-refractivity contribution in [3.63, 3.8) is 0 Å². The van der Waals surface area contributed by atoms with E-state index in [0.29, 0.717) is 6.54 Å². The SMILES string of the molecule is CCOC(=O)c1cccc([N+](=O)[O-])c1NCc1ccccc1. The van der Waals surface area contributed by atoms with Gasteiger partial charge in [-0.05, 0) is 18.6 Å². The number of nitrogens with zero attached hydrogens (tertiary/aromatic N) is 1. The van der Waals surface area contributed by atoms with Crippen molar-refractivity contribution in [3.8, 4) is 0 Å². The van der Waals surface area contributed by atoms with Crippen LogP contribution in [0, 0.1) is 10.1 Å². The van der Waals surface area contributed by atoms with Crippen molar-refractivity contribution < 1.29 is 14.5 Å². The molecule has 0 aliphatic carbocycles. The molecule has 0 unspecified atom stereocenters. The van der Waals surface area contributed by atoms with Gasteiger partial charge in [0.05, 0.1) is 17.1 Å². The minimum Gasteiger partial charge on any atom is -0.462 e. The Morgan fingerprint density at radius 3 is 2.55 bits per heavy atom. The van der Waals surface area contributed by atoms with Gasteiger partial charge in [-0.25, -0.2) is 4.79 Å². The molecule has 0 aliphatic heterocycles. The molecule has 2 aromatic carbocycles. The first-order chi connectivity index (χ1) is 10.6. The van der Waals surface area contributed by atoms with Crippen LogP contribution < -0.4 is 5.32 Å². The van der Waals surface area contributed by atoms with Crippen LogP contribution in [0.1, 0.15) is 22.8 Å². The van der Waals surface area contributed by atoms with E-state index in [1.807, 2.05) is 30.3 Å². The molecular formula is C16H16N2O4. The monoisotopic (exact) mass is 300 g/mol. The van der Waals surface area contributed by atoms with E-state index in [9.17, 15) is 14.9 Å². The summed E-state index contributed by atoms with van der Waals surface area (Å²) in [4.78, 5) is 22.6. The molecule has 0 amide bonds. The highest BCUT2D eigenvalue weighted by Gasteiger charge is 2.22. The number of anilines is 1. The highest BCUT2D eigenvalue weighted by atomic mass is 16.6. The number of hydrogen-bond acceptors (Lipinski definition) is 5. The second kappa shape index (κ2) is 7.21. The highest BCUT2D eigenvalue weighted by Crippen LogP contribution is 2.29. The fraction of sp³-hybridized carbons (Fsp3) is 0.188. The minimum absolute atomic E-state index is 0.151. The smallest absolute Gasteiger partial charge is 0.340 e. The van der Waals surface area contributed by atoms with Crippen LogP contribution in [0.25, 0.3) is 0 Å². The Bertz CT molecular complexity index is 671. The molecule has 2 rings (SSSR count). The Labute approximate surface area is 127 Å². The zero-order valence-electron chi connectivity index (χ0n) is 12.1. The summed E-state index contributed by atoms with van der Waals surface area (Å²) in [5.41, 5.74) is 1.14. The molecule has 0 bridgehead atoms. The molecule has 2 aromatic rings. The molecule has 0 saturated carbocycles. The molecule has 0 radical (unpaired) electrons. The molecular weight excluding hydrogens is 284 g/mol. The average molecular weight is 300 g/mol. The Kier molecular flexibility index (Phi) is 5.08. The predicted molar refractivity (Wildman–Crippen MR) is 82.8 cm³/mol. The molecule has 6 heteroatoms. The summed E-state index contributed by atoms with van der Waals surface area (Å²) < 4.78 is 4.95. The summed E-state index contributed by atoms with van der Waals surface area (Å²) >= 11 is 0. The van der Waals surface area contributed by atoms with Gasteiger partial charge < -0.3 is 10.1 Å². The molecule has 0 aliphatic rings. The van der Waals surface area contributed by atoms with E-state index in [2.05, 4.69) is 5.32 Å². The lowest BCUT2D eigenvalue weighted by Gasteiger charge is -2.11. The summed E-state index contributed by atoms with van der Waals surface area (Å²) in [7, 11) is 0. The molecule has 1 N–H and O–H groups in total. The fourth-order valence-electron chi connectivity index (χ4n) is 2.04. The standard InChI is InChI=1S/C16H16N2O4/c1-2-22-16(19)13-9-6-10-14(18(20)21)15(13)17-11-12-7-4-3-5-8-12/h3-10,17H,2,11H2,1H3. The van der Waals surface area contributed by atoms with E-state index < -0.39 is 10.9 Å². The molecule has 0 spiro atoms. The maximum atomic E-state index is 12.0. The summed E-state index contributed by atoms with van der Waals surface area (Å²) in [6.07, 6.45) is 0. The van der Waals surface area contributed by atoms with E-state index in [1.165, 1.54) is 18.2 Å². The van der Waals surface area contributed by atoms with Crippen molar-refractivity contribution in [3.05, 3.63) is 69.8 Å². The lowest BCUT2D eigenvalue weighted by molar-refractivity contribution is -0.384. The highest BCUT2D eigenvalue weighted by molar-refractivity contribution is 5.98. The maximum Gasteiger partial charge on any atom is 0.340 e. The number of benzene rings is 2. The van der Waals surface area contributed by atoms with Crippen molar-refractivity contribution >= 4 is 17.3 Å². The van der Waals surface area contributed by atoms with Crippen molar-refractivity contribution in [1.29, 1.82) is 0 Å². The van der Waals surface area contributed by atoms with Crippen LogP contribution in [0.5, 0.6) is 0 Å². The van der Waals surface area contributed by atoms with Crippen LogP contribution in [0.4, 0.5) is 11.4 Å². The number of carbonyl (C=O) groups is 1. The van der Waals surface area contributed by atoms with Crippen LogP contribution in [0.15, 0.2) is 48.5 Å². The van der Waals surface area contributed by atoms with Gasteiger partial charge in [0, 0.05) is 12.6 Å². The molecule has 0 aromatic heterocycles. The van der Waals surface area contributed by atoms with Gasteiger partial charge in [-0.2, -0.15) is 0 Å². The molecule has 6 nitrogen and oxygen atoms in total. The second-order valence-corrected chi connectivity index (χ2v) is 4.52. The van der Waals surface area contributed by atoms with Crippen molar-refractivity contribution in [2.45, 2.75) is 13.5 Å². The number of nitrogens with one attached hydrogen (secondary N) is 1. The number of esters is 1. The maximum absolute atomic E-state index is 12.0. The summed E-state index contributed by atoms with van der Waals surface area (Å²) in [5, 5.41) is 14.2. The number of para-hydroxylation sites is 1. The van der Waals surface area contributed by atoms with Gasteiger partial charge >= 0.3 is 5.97 Å². The summed E-state index contributed by atoms with van der Waals surface area (Å²) in [5.74, 6) is -0.582. The molecule has 0 saturated heterocycles. The van der Waals surface area contributed by atoms with Crippen molar-refractivity contribution in [2.75, 3.05) is 11.9 Å². The van der Waals surface area contributed by atoms with Gasteiger partial charge in [-0.15, -0.1) is 0 Å². The lowest BCUT2D eigenvalue weighted by atomic mass is 10.1. The first-order valence-electron chi connectivity index (χ1n) is 6.85. The number of rotatable bonds is 6. The van der Waals surface area contributed by atoms with E-state index in [-0.39, 0.29) is 23.5 Å². The first-order valence-corrected chi connectivity index (χ1v) is 6.85. The molecule has 0 atom stereocenters. The van der Waals surface area contributed by atoms with Gasteiger partial charge in [-0.1, -0.05) is 36.4 Å². The Hall–Kier alpha value is -2.89. The van der Waals surface area contributed by atoms with Crippen LogP contribution in [-0.4, -0.2) is 17.5 Å². The van der Waals surface area contributed by atoms with Crippen LogP contribution in [0.3, 0.4) is 0 Å². The van der Waals surface area contributed by atoms with Gasteiger partial charge in [0.15, 0.2) is 0 Å². The molecule has 22 heavy (non-hydrogen) atoms. The third kappa shape index (κ3) is 3.60. The Morgan fingerprint density at radius 2 is 1.91 bits per heavy atom. The number of hydrogen-bond donors (Lipinski definition) is 1. The first kappa shape index (κ1) is 15.5. The van der Waals surface area contributed by atoms with Crippen molar-refractivity contribution in [2.24, 2.45) is 0 Å². The van der Waals surface area contributed by atoms with Gasteiger partial charge in [0.2, 0.25) is 0 Å². The summed E-state index contributed by atoms with van der Waals surface area (Å²) in [6, 6.07) is 13.8. The number of nitro benzene ring substituents is 1. The Balaban J connectivity index is 2.33. The van der Waals surface area contributed by atoms with Gasteiger partial charge in [0.1, 0.15) is 5.69 Å². The topological polar surface area (TPSA) is 81.5 Å². The molecule has 114 valence electrons. The van der Waals surface area contributed by atoms with Crippen molar-refractivity contribution in [1.82, 2.24) is 0 Å². The minimum atomic E-state index is -0.582. The second-order valence-electron chi connectivity index (χ2n) is 4.52. The lowest BCUT2D eigenvalue weighted by Crippen LogP contribution is -2.11. The largest absolute Gasteiger partial charge is 0.462 e. The number of carbonyl (C=O) groups excluding carboxylic acids is 1.